The minimum atomic E-state index is -0.720. The summed E-state index contributed by atoms with van der Waals surface area (Å²) in [6.07, 6.45) is 0.861. The fourth-order valence-corrected chi connectivity index (χ4v) is 1.95. The van der Waals surface area contributed by atoms with E-state index in [-0.39, 0.29) is 11.4 Å². The molecule has 1 aromatic heterocycles. The third-order valence-corrected chi connectivity index (χ3v) is 3.03. The van der Waals surface area contributed by atoms with E-state index in [1.165, 1.54) is 25.2 Å². The molecule has 0 fully saturated rings. The molecule has 2 aromatic rings. The average molecular weight is 345 g/mol. The number of nitro groups is 1. The number of ether oxygens (including phenoxy) is 2. The summed E-state index contributed by atoms with van der Waals surface area (Å²) in [6, 6.07) is 9.26. The van der Waals surface area contributed by atoms with Crippen LogP contribution < -0.4 is 9.64 Å². The van der Waals surface area contributed by atoms with Crippen LogP contribution in [0.1, 0.15) is 20.8 Å². The van der Waals surface area contributed by atoms with E-state index in [1.807, 2.05) is 0 Å². The van der Waals surface area contributed by atoms with Crippen molar-refractivity contribution >= 4 is 17.5 Å². The van der Waals surface area contributed by atoms with Gasteiger partial charge in [0.2, 0.25) is 5.88 Å². The molecule has 132 valence electrons. The number of hydrogen-bond donors (Lipinski definition) is 0. The molecule has 0 bridgehead atoms. The van der Waals surface area contributed by atoms with Crippen LogP contribution in [0.5, 0.6) is 11.6 Å². The zero-order valence-electron chi connectivity index (χ0n) is 14.4. The van der Waals surface area contributed by atoms with Crippen LogP contribution in [0.3, 0.4) is 0 Å². The van der Waals surface area contributed by atoms with Gasteiger partial charge in [0, 0.05) is 31.4 Å². The SMILES string of the molecule is CN(C(=O)OC(C)(C)C)c1cc(Oc2ccccn2)ccc1[N+](=O)[O-]. The van der Waals surface area contributed by atoms with Gasteiger partial charge in [-0.1, -0.05) is 6.07 Å². The fourth-order valence-electron chi connectivity index (χ4n) is 1.95. The predicted octanol–water partition coefficient (Wildman–Crippen LogP) is 4.15. The van der Waals surface area contributed by atoms with Crippen molar-refractivity contribution in [3.05, 3.63) is 52.7 Å². The Balaban J connectivity index is 2.34. The largest absolute Gasteiger partial charge is 0.443 e. The number of nitro benzene ring substituents is 1. The summed E-state index contributed by atoms with van der Waals surface area (Å²) in [4.78, 5) is 28.0. The molecule has 25 heavy (non-hydrogen) atoms. The Kier molecular flexibility index (Phi) is 5.21. The lowest BCUT2D eigenvalue weighted by molar-refractivity contribution is -0.384. The molecular formula is C17H19N3O5. The van der Waals surface area contributed by atoms with Gasteiger partial charge >= 0.3 is 6.09 Å². The van der Waals surface area contributed by atoms with Crippen LogP contribution in [-0.2, 0) is 4.74 Å². The number of amides is 1. The maximum absolute atomic E-state index is 12.2. The van der Waals surface area contributed by atoms with Crippen LogP contribution in [0.25, 0.3) is 0 Å². The summed E-state index contributed by atoms with van der Waals surface area (Å²) in [6.45, 7) is 5.15. The van der Waals surface area contributed by atoms with Crippen molar-refractivity contribution in [2.45, 2.75) is 26.4 Å². The molecule has 0 saturated carbocycles. The van der Waals surface area contributed by atoms with E-state index in [9.17, 15) is 14.9 Å². The smallest absolute Gasteiger partial charge is 0.414 e. The number of anilines is 1. The normalized spacial score (nSPS) is 10.9. The third kappa shape index (κ3) is 4.90. The second-order valence-corrected chi connectivity index (χ2v) is 6.22. The summed E-state index contributed by atoms with van der Waals surface area (Å²) in [5.41, 5.74) is -0.892. The molecule has 8 heteroatoms. The van der Waals surface area contributed by atoms with Crippen molar-refractivity contribution in [3.8, 4) is 11.6 Å². The number of hydrogen-bond acceptors (Lipinski definition) is 6. The van der Waals surface area contributed by atoms with Crippen LogP contribution in [0.4, 0.5) is 16.2 Å². The first-order valence-corrected chi connectivity index (χ1v) is 7.51. The minimum absolute atomic E-state index is 0.0627. The van der Waals surface area contributed by atoms with Crippen molar-refractivity contribution in [1.82, 2.24) is 4.98 Å². The van der Waals surface area contributed by atoms with Gasteiger partial charge in [0.25, 0.3) is 5.69 Å². The molecule has 0 radical (unpaired) electrons. The zero-order valence-corrected chi connectivity index (χ0v) is 14.4. The highest BCUT2D eigenvalue weighted by molar-refractivity contribution is 5.90. The van der Waals surface area contributed by atoms with Crippen molar-refractivity contribution in [3.63, 3.8) is 0 Å². The Morgan fingerprint density at radius 2 is 1.96 bits per heavy atom. The Hall–Kier alpha value is -3.16. The summed E-state index contributed by atoms with van der Waals surface area (Å²) >= 11 is 0. The standard InChI is InChI=1S/C17H19N3O5/c1-17(2,3)25-16(21)19(4)14-11-12(8-9-13(14)20(22)23)24-15-7-5-6-10-18-15/h5-11H,1-4H3. The lowest BCUT2D eigenvalue weighted by atomic mass is 10.2. The highest BCUT2D eigenvalue weighted by atomic mass is 16.6. The molecule has 2 rings (SSSR count). The number of nitrogens with zero attached hydrogens (tertiary/aromatic N) is 3. The van der Waals surface area contributed by atoms with Crippen LogP contribution in [0.15, 0.2) is 42.6 Å². The van der Waals surface area contributed by atoms with Gasteiger partial charge in [0.05, 0.1) is 4.92 Å². The third-order valence-electron chi connectivity index (χ3n) is 3.03. The monoisotopic (exact) mass is 345 g/mol. The highest BCUT2D eigenvalue weighted by Gasteiger charge is 2.26. The molecule has 1 amide bonds. The quantitative estimate of drug-likeness (QED) is 0.610. The van der Waals surface area contributed by atoms with E-state index < -0.39 is 16.6 Å². The maximum atomic E-state index is 12.2. The molecule has 8 nitrogen and oxygen atoms in total. The Morgan fingerprint density at radius 1 is 1.24 bits per heavy atom. The Labute approximate surface area is 145 Å². The van der Waals surface area contributed by atoms with E-state index in [1.54, 1.807) is 45.2 Å². The van der Waals surface area contributed by atoms with Gasteiger partial charge in [-0.2, -0.15) is 0 Å². The summed E-state index contributed by atoms with van der Waals surface area (Å²) in [5, 5.41) is 11.3. The van der Waals surface area contributed by atoms with Crippen LogP contribution in [-0.4, -0.2) is 28.6 Å². The number of aromatic nitrogens is 1. The highest BCUT2D eigenvalue weighted by Crippen LogP contribution is 2.33. The number of rotatable bonds is 4. The first kappa shape index (κ1) is 18.2. The molecule has 0 spiro atoms. The lowest BCUT2D eigenvalue weighted by Gasteiger charge is -2.24. The van der Waals surface area contributed by atoms with Crippen molar-refractivity contribution in [1.29, 1.82) is 0 Å². The Morgan fingerprint density at radius 3 is 2.52 bits per heavy atom. The van der Waals surface area contributed by atoms with Crippen LogP contribution in [0.2, 0.25) is 0 Å². The first-order chi connectivity index (χ1) is 11.7. The second-order valence-electron chi connectivity index (χ2n) is 6.22. The van der Waals surface area contributed by atoms with Gasteiger partial charge in [0.15, 0.2) is 0 Å². The molecule has 1 heterocycles. The molecule has 0 unspecified atom stereocenters. The van der Waals surface area contributed by atoms with Crippen LogP contribution in [0, 0.1) is 10.1 Å². The predicted molar refractivity (Wildman–Crippen MR) is 92.0 cm³/mol. The molecule has 0 saturated heterocycles. The van der Waals surface area contributed by atoms with E-state index in [2.05, 4.69) is 4.98 Å². The van der Waals surface area contributed by atoms with Gasteiger partial charge in [-0.05, 0) is 32.9 Å². The molecule has 0 aliphatic heterocycles. The van der Waals surface area contributed by atoms with Gasteiger partial charge in [0.1, 0.15) is 17.0 Å². The van der Waals surface area contributed by atoms with E-state index in [4.69, 9.17) is 9.47 Å². The van der Waals surface area contributed by atoms with E-state index in [0.717, 1.165) is 4.90 Å². The van der Waals surface area contributed by atoms with E-state index >= 15 is 0 Å². The zero-order chi connectivity index (χ0) is 18.6. The number of carbonyl (C=O) groups excluding carboxylic acids is 1. The molecule has 0 N–H and O–H groups in total. The minimum Gasteiger partial charge on any atom is -0.443 e. The van der Waals surface area contributed by atoms with Crippen molar-refractivity contribution in [2.75, 3.05) is 11.9 Å². The van der Waals surface area contributed by atoms with Gasteiger partial charge in [-0.15, -0.1) is 0 Å². The Bertz CT molecular complexity index is 772. The van der Waals surface area contributed by atoms with Crippen molar-refractivity contribution < 1.29 is 19.2 Å². The summed E-state index contributed by atoms with van der Waals surface area (Å²) in [7, 11) is 1.40. The topological polar surface area (TPSA) is 94.8 Å². The number of benzene rings is 1. The van der Waals surface area contributed by atoms with Crippen molar-refractivity contribution in [2.24, 2.45) is 0 Å². The van der Waals surface area contributed by atoms with Crippen LogP contribution >= 0.6 is 0 Å². The molecule has 0 aliphatic carbocycles. The lowest BCUT2D eigenvalue weighted by Crippen LogP contribution is -2.34. The molecule has 1 aromatic carbocycles. The van der Waals surface area contributed by atoms with Gasteiger partial charge in [-0.25, -0.2) is 9.78 Å². The number of carbonyl (C=O) groups is 1. The summed E-state index contributed by atoms with van der Waals surface area (Å²) in [5.74, 6) is 0.650. The fraction of sp³-hybridized carbons (Fsp3) is 0.294. The first-order valence-electron chi connectivity index (χ1n) is 7.51. The number of pyridine rings is 1. The maximum Gasteiger partial charge on any atom is 0.414 e. The van der Waals surface area contributed by atoms with Gasteiger partial charge in [-0.3, -0.25) is 15.0 Å². The van der Waals surface area contributed by atoms with Gasteiger partial charge < -0.3 is 9.47 Å². The second kappa shape index (κ2) is 7.16. The average Bonchev–Trinajstić information content (AvgIpc) is 2.53. The molecule has 0 aliphatic rings. The molecular weight excluding hydrogens is 326 g/mol. The summed E-state index contributed by atoms with van der Waals surface area (Å²) < 4.78 is 10.8. The molecule has 0 atom stereocenters. The van der Waals surface area contributed by atoms with E-state index in [0.29, 0.717) is 11.6 Å².